The maximum Gasteiger partial charge on any atom is 0.236 e. The standard InChI is InChI=1S/C27H22N2O2/c28-22-16-17-24(23(18-22)26(30)21-14-8-3-9-15-21)29-27(31)25(19-10-4-1-5-11-19)20-12-6-2-7-13-20/h1-18,25H,28H2,(H,29,31). The van der Waals surface area contributed by atoms with Crippen molar-refractivity contribution < 1.29 is 9.59 Å². The number of carbonyl (C=O) groups excluding carboxylic acids is 2. The molecule has 0 radical (unpaired) electrons. The predicted molar refractivity (Wildman–Crippen MR) is 124 cm³/mol. The van der Waals surface area contributed by atoms with E-state index in [1.807, 2.05) is 66.7 Å². The molecule has 4 nitrogen and oxygen atoms in total. The Balaban J connectivity index is 1.71. The second-order valence-electron chi connectivity index (χ2n) is 7.24. The molecule has 0 fully saturated rings. The van der Waals surface area contributed by atoms with Crippen LogP contribution in [-0.2, 0) is 4.79 Å². The maximum absolute atomic E-state index is 13.5. The van der Waals surface area contributed by atoms with Crippen molar-refractivity contribution in [2.24, 2.45) is 0 Å². The number of benzene rings is 4. The molecule has 0 spiro atoms. The smallest absolute Gasteiger partial charge is 0.236 e. The molecule has 1 amide bonds. The molecule has 31 heavy (non-hydrogen) atoms. The average molecular weight is 406 g/mol. The SMILES string of the molecule is Nc1ccc(NC(=O)C(c2ccccc2)c2ccccc2)c(C(=O)c2ccccc2)c1. The van der Waals surface area contributed by atoms with Gasteiger partial charge in [-0.25, -0.2) is 0 Å². The lowest BCUT2D eigenvalue weighted by molar-refractivity contribution is -0.116. The minimum absolute atomic E-state index is 0.195. The van der Waals surface area contributed by atoms with Crippen molar-refractivity contribution in [2.75, 3.05) is 11.1 Å². The van der Waals surface area contributed by atoms with Gasteiger partial charge in [0.25, 0.3) is 0 Å². The fourth-order valence-electron chi connectivity index (χ4n) is 3.59. The number of hydrogen-bond donors (Lipinski definition) is 2. The van der Waals surface area contributed by atoms with Crippen molar-refractivity contribution >= 4 is 23.1 Å². The summed E-state index contributed by atoms with van der Waals surface area (Å²) < 4.78 is 0. The molecule has 4 rings (SSSR count). The third kappa shape index (κ3) is 4.54. The van der Waals surface area contributed by atoms with Crippen LogP contribution in [0.4, 0.5) is 11.4 Å². The molecule has 4 aromatic carbocycles. The lowest BCUT2D eigenvalue weighted by atomic mass is 9.90. The van der Waals surface area contributed by atoms with Crippen molar-refractivity contribution in [1.29, 1.82) is 0 Å². The van der Waals surface area contributed by atoms with Crippen LogP contribution in [0.5, 0.6) is 0 Å². The normalized spacial score (nSPS) is 10.6. The zero-order valence-electron chi connectivity index (χ0n) is 16.9. The lowest BCUT2D eigenvalue weighted by Crippen LogP contribution is -2.23. The Morgan fingerprint density at radius 1 is 0.677 bits per heavy atom. The zero-order chi connectivity index (χ0) is 21.6. The molecule has 152 valence electrons. The molecule has 4 heteroatoms. The number of carbonyl (C=O) groups is 2. The number of nitrogens with one attached hydrogen (secondary N) is 1. The second kappa shape index (κ2) is 9.09. The van der Waals surface area contributed by atoms with Crippen molar-refractivity contribution in [3.8, 4) is 0 Å². The highest BCUT2D eigenvalue weighted by Crippen LogP contribution is 2.28. The van der Waals surface area contributed by atoms with E-state index in [0.717, 1.165) is 11.1 Å². The quantitative estimate of drug-likeness (QED) is 0.338. The first-order valence-electron chi connectivity index (χ1n) is 10.0. The Morgan fingerprint density at radius 3 is 1.74 bits per heavy atom. The molecular formula is C27H22N2O2. The van der Waals surface area contributed by atoms with E-state index < -0.39 is 5.92 Å². The van der Waals surface area contributed by atoms with Crippen molar-refractivity contribution in [1.82, 2.24) is 0 Å². The van der Waals surface area contributed by atoms with Crippen molar-refractivity contribution in [3.05, 3.63) is 131 Å². The number of amides is 1. The van der Waals surface area contributed by atoms with E-state index in [0.29, 0.717) is 22.5 Å². The van der Waals surface area contributed by atoms with E-state index in [1.54, 1.807) is 42.5 Å². The molecule has 4 aromatic rings. The summed E-state index contributed by atoms with van der Waals surface area (Å²) in [5, 5.41) is 2.97. The highest BCUT2D eigenvalue weighted by atomic mass is 16.2. The van der Waals surface area contributed by atoms with Crippen LogP contribution in [0.2, 0.25) is 0 Å². The Labute approximate surface area is 181 Å². The third-order valence-corrected chi connectivity index (χ3v) is 5.11. The summed E-state index contributed by atoms with van der Waals surface area (Å²) in [4.78, 5) is 26.6. The average Bonchev–Trinajstić information content (AvgIpc) is 2.82. The van der Waals surface area contributed by atoms with Crippen LogP contribution in [0.15, 0.2) is 109 Å². The number of nitrogens with two attached hydrogens (primary N) is 1. The Bertz CT molecular complexity index is 1150. The zero-order valence-corrected chi connectivity index (χ0v) is 16.9. The summed E-state index contributed by atoms with van der Waals surface area (Å²) >= 11 is 0. The molecular weight excluding hydrogens is 384 g/mol. The minimum atomic E-state index is -0.514. The molecule has 0 unspecified atom stereocenters. The molecule has 0 aliphatic rings. The first-order valence-corrected chi connectivity index (χ1v) is 10.0. The van der Waals surface area contributed by atoms with Gasteiger partial charge in [-0.05, 0) is 29.3 Å². The molecule has 0 atom stereocenters. The summed E-state index contributed by atoms with van der Waals surface area (Å²) in [6.07, 6.45) is 0. The van der Waals surface area contributed by atoms with Gasteiger partial charge in [0.2, 0.25) is 5.91 Å². The van der Waals surface area contributed by atoms with Gasteiger partial charge >= 0.3 is 0 Å². The first-order chi connectivity index (χ1) is 15.1. The molecule has 0 aliphatic heterocycles. The van der Waals surface area contributed by atoms with Gasteiger partial charge in [-0.2, -0.15) is 0 Å². The highest BCUT2D eigenvalue weighted by molar-refractivity contribution is 6.14. The van der Waals surface area contributed by atoms with Gasteiger partial charge in [-0.15, -0.1) is 0 Å². The van der Waals surface area contributed by atoms with Crippen LogP contribution in [0.1, 0.15) is 33.0 Å². The molecule has 0 aliphatic carbocycles. The summed E-state index contributed by atoms with van der Waals surface area (Å²) in [6.45, 7) is 0. The molecule has 0 aromatic heterocycles. The van der Waals surface area contributed by atoms with Gasteiger partial charge in [0.05, 0.1) is 11.6 Å². The number of rotatable bonds is 6. The van der Waals surface area contributed by atoms with Crippen LogP contribution >= 0.6 is 0 Å². The van der Waals surface area contributed by atoms with Crippen LogP contribution < -0.4 is 11.1 Å². The molecule has 0 heterocycles. The highest BCUT2D eigenvalue weighted by Gasteiger charge is 2.24. The van der Waals surface area contributed by atoms with Gasteiger partial charge < -0.3 is 11.1 Å². The Morgan fingerprint density at radius 2 is 1.19 bits per heavy atom. The number of anilines is 2. The maximum atomic E-state index is 13.5. The second-order valence-corrected chi connectivity index (χ2v) is 7.24. The van der Waals surface area contributed by atoms with Gasteiger partial charge in [0.15, 0.2) is 5.78 Å². The fourth-order valence-corrected chi connectivity index (χ4v) is 3.59. The summed E-state index contributed by atoms with van der Waals surface area (Å²) in [5.41, 5.74) is 9.48. The van der Waals surface area contributed by atoms with E-state index in [-0.39, 0.29) is 11.7 Å². The Hall–Kier alpha value is -4.18. The van der Waals surface area contributed by atoms with Crippen LogP contribution in [0.3, 0.4) is 0 Å². The van der Waals surface area contributed by atoms with Crippen LogP contribution in [0, 0.1) is 0 Å². The van der Waals surface area contributed by atoms with Crippen LogP contribution in [0.25, 0.3) is 0 Å². The summed E-state index contributed by atoms with van der Waals surface area (Å²) in [7, 11) is 0. The molecule has 0 saturated carbocycles. The van der Waals surface area contributed by atoms with Gasteiger partial charge in [0, 0.05) is 16.8 Å². The number of hydrogen-bond acceptors (Lipinski definition) is 3. The third-order valence-electron chi connectivity index (χ3n) is 5.11. The van der Waals surface area contributed by atoms with Crippen LogP contribution in [-0.4, -0.2) is 11.7 Å². The summed E-state index contributed by atoms with van der Waals surface area (Å²) in [5.74, 6) is -0.928. The van der Waals surface area contributed by atoms with Crippen molar-refractivity contribution in [2.45, 2.75) is 5.92 Å². The summed E-state index contributed by atoms with van der Waals surface area (Å²) in [6, 6.07) is 33.1. The fraction of sp³-hybridized carbons (Fsp3) is 0.0370. The Kier molecular flexibility index (Phi) is 5.90. The number of nitrogen functional groups attached to an aromatic ring is 1. The molecule has 0 saturated heterocycles. The van der Waals surface area contributed by atoms with E-state index >= 15 is 0 Å². The van der Waals surface area contributed by atoms with Gasteiger partial charge in [-0.3, -0.25) is 9.59 Å². The predicted octanol–water partition coefficient (Wildman–Crippen LogP) is 5.27. The van der Waals surface area contributed by atoms with E-state index in [4.69, 9.17) is 5.73 Å². The lowest BCUT2D eigenvalue weighted by Gasteiger charge is -2.19. The van der Waals surface area contributed by atoms with E-state index in [2.05, 4.69) is 5.32 Å². The van der Waals surface area contributed by atoms with Crippen molar-refractivity contribution in [3.63, 3.8) is 0 Å². The molecule has 0 bridgehead atoms. The number of ketones is 1. The van der Waals surface area contributed by atoms with Gasteiger partial charge in [0.1, 0.15) is 0 Å². The molecule has 3 N–H and O–H groups in total. The topological polar surface area (TPSA) is 72.2 Å². The van der Waals surface area contributed by atoms with E-state index in [9.17, 15) is 9.59 Å². The van der Waals surface area contributed by atoms with Gasteiger partial charge in [-0.1, -0.05) is 91.0 Å². The minimum Gasteiger partial charge on any atom is -0.399 e. The largest absolute Gasteiger partial charge is 0.399 e. The first kappa shape index (κ1) is 20.1. The van der Waals surface area contributed by atoms with E-state index in [1.165, 1.54) is 0 Å². The monoisotopic (exact) mass is 406 g/mol.